The minimum Gasteiger partial charge on any atom is -0.493 e. The van der Waals surface area contributed by atoms with Crippen LogP contribution in [0.25, 0.3) is 0 Å². The Kier molecular flexibility index (Phi) is 5.68. The van der Waals surface area contributed by atoms with Gasteiger partial charge in [-0.3, -0.25) is 9.59 Å². The van der Waals surface area contributed by atoms with Gasteiger partial charge in [-0.05, 0) is 49.7 Å². The highest BCUT2D eigenvalue weighted by Crippen LogP contribution is 2.37. The van der Waals surface area contributed by atoms with E-state index >= 15 is 0 Å². The molecule has 0 saturated carbocycles. The maximum Gasteiger partial charge on any atom is 0.235 e. The van der Waals surface area contributed by atoms with E-state index in [0.29, 0.717) is 35.2 Å². The van der Waals surface area contributed by atoms with Crippen molar-refractivity contribution in [1.82, 2.24) is 0 Å². The monoisotopic (exact) mass is 398 g/mol. The van der Waals surface area contributed by atoms with Crippen molar-refractivity contribution in [3.05, 3.63) is 42.0 Å². The average Bonchev–Trinajstić information content (AvgIpc) is 2.78. The first-order valence-corrected chi connectivity index (χ1v) is 9.31. The SMILES string of the molecule is COc1ccc(CC(=O)Nc2ccc3c(c2)N(C)C(=O)C(C)(C)CO3)cc1OC. The van der Waals surface area contributed by atoms with Gasteiger partial charge in [-0.25, -0.2) is 0 Å². The Balaban J connectivity index is 1.76. The second-order valence-corrected chi connectivity index (χ2v) is 7.63. The van der Waals surface area contributed by atoms with Gasteiger partial charge in [0.25, 0.3) is 0 Å². The van der Waals surface area contributed by atoms with Gasteiger partial charge in [0, 0.05) is 12.7 Å². The van der Waals surface area contributed by atoms with Crippen LogP contribution in [0.4, 0.5) is 11.4 Å². The van der Waals surface area contributed by atoms with Crippen molar-refractivity contribution in [2.45, 2.75) is 20.3 Å². The Bertz CT molecular complexity index is 939. The summed E-state index contributed by atoms with van der Waals surface area (Å²) in [5, 5.41) is 2.88. The number of anilines is 2. The fourth-order valence-electron chi connectivity index (χ4n) is 3.24. The van der Waals surface area contributed by atoms with Gasteiger partial charge in [-0.1, -0.05) is 6.07 Å². The molecule has 0 saturated heterocycles. The van der Waals surface area contributed by atoms with E-state index in [2.05, 4.69) is 5.32 Å². The lowest BCUT2D eigenvalue weighted by Crippen LogP contribution is -2.39. The van der Waals surface area contributed by atoms with Crippen LogP contribution in [-0.2, 0) is 16.0 Å². The highest BCUT2D eigenvalue weighted by atomic mass is 16.5. The number of rotatable bonds is 5. The van der Waals surface area contributed by atoms with Crippen molar-refractivity contribution in [3.8, 4) is 17.2 Å². The summed E-state index contributed by atoms with van der Waals surface area (Å²) in [5.74, 6) is 1.58. The Morgan fingerprint density at radius 2 is 1.86 bits per heavy atom. The van der Waals surface area contributed by atoms with E-state index in [9.17, 15) is 9.59 Å². The molecule has 0 bridgehead atoms. The quantitative estimate of drug-likeness (QED) is 0.837. The summed E-state index contributed by atoms with van der Waals surface area (Å²) >= 11 is 0. The van der Waals surface area contributed by atoms with E-state index in [4.69, 9.17) is 14.2 Å². The predicted octanol–water partition coefficient (Wildman–Crippen LogP) is 3.27. The number of fused-ring (bicyclic) bond motifs is 1. The van der Waals surface area contributed by atoms with Crippen LogP contribution in [0.2, 0.25) is 0 Å². The van der Waals surface area contributed by atoms with Crippen LogP contribution < -0.4 is 24.4 Å². The van der Waals surface area contributed by atoms with Crippen LogP contribution in [0.5, 0.6) is 17.2 Å². The third-order valence-electron chi connectivity index (χ3n) is 4.89. The van der Waals surface area contributed by atoms with Crippen LogP contribution >= 0.6 is 0 Å². The molecule has 0 fully saturated rings. The van der Waals surface area contributed by atoms with Crippen molar-refractivity contribution in [3.63, 3.8) is 0 Å². The minimum atomic E-state index is -0.620. The molecule has 2 aromatic carbocycles. The summed E-state index contributed by atoms with van der Waals surface area (Å²) in [4.78, 5) is 26.8. The van der Waals surface area contributed by atoms with Crippen molar-refractivity contribution < 1.29 is 23.8 Å². The molecule has 0 aliphatic carbocycles. The standard InChI is InChI=1S/C22H26N2O5/c1-22(2)13-29-17-9-7-15(12-16(17)24(3)21(22)26)23-20(25)11-14-6-8-18(27-4)19(10-14)28-5/h6-10,12H,11,13H2,1-5H3,(H,23,25). The summed E-state index contributed by atoms with van der Waals surface area (Å²) in [5.41, 5.74) is 1.40. The predicted molar refractivity (Wildman–Crippen MR) is 111 cm³/mol. The molecule has 0 unspecified atom stereocenters. The van der Waals surface area contributed by atoms with Crippen LogP contribution in [0.15, 0.2) is 36.4 Å². The molecule has 0 aromatic heterocycles. The zero-order valence-electron chi connectivity index (χ0n) is 17.4. The highest BCUT2D eigenvalue weighted by Gasteiger charge is 2.36. The number of carbonyl (C=O) groups is 2. The molecule has 0 spiro atoms. The van der Waals surface area contributed by atoms with Gasteiger partial charge in [-0.15, -0.1) is 0 Å². The van der Waals surface area contributed by atoms with Gasteiger partial charge < -0.3 is 24.4 Å². The maximum atomic E-state index is 12.7. The fraction of sp³-hybridized carbons (Fsp3) is 0.364. The van der Waals surface area contributed by atoms with Crippen molar-refractivity contribution in [2.24, 2.45) is 5.41 Å². The first kappa shape index (κ1) is 20.5. The summed E-state index contributed by atoms with van der Waals surface area (Å²) in [6, 6.07) is 10.7. The molecule has 29 heavy (non-hydrogen) atoms. The molecule has 1 N–H and O–H groups in total. The molecule has 2 amide bonds. The van der Waals surface area contributed by atoms with Gasteiger partial charge >= 0.3 is 0 Å². The second kappa shape index (κ2) is 8.03. The number of nitrogens with zero attached hydrogens (tertiary/aromatic N) is 1. The largest absolute Gasteiger partial charge is 0.493 e. The number of amides is 2. The summed E-state index contributed by atoms with van der Waals surface area (Å²) in [6.07, 6.45) is 0.176. The van der Waals surface area contributed by atoms with Crippen molar-refractivity contribution >= 4 is 23.2 Å². The van der Waals surface area contributed by atoms with E-state index < -0.39 is 5.41 Å². The van der Waals surface area contributed by atoms with Gasteiger partial charge in [0.15, 0.2) is 11.5 Å². The Morgan fingerprint density at radius 1 is 1.14 bits per heavy atom. The third kappa shape index (κ3) is 4.29. The zero-order valence-corrected chi connectivity index (χ0v) is 17.4. The first-order chi connectivity index (χ1) is 13.7. The number of carbonyl (C=O) groups excluding carboxylic acids is 2. The molecule has 2 aromatic rings. The lowest BCUT2D eigenvalue weighted by molar-refractivity contribution is -0.127. The van der Waals surface area contributed by atoms with Gasteiger partial charge in [0.05, 0.1) is 31.7 Å². The van der Waals surface area contributed by atoms with E-state index in [0.717, 1.165) is 5.56 Å². The number of ether oxygens (including phenoxy) is 3. The summed E-state index contributed by atoms with van der Waals surface area (Å²) < 4.78 is 16.3. The summed E-state index contributed by atoms with van der Waals surface area (Å²) in [6.45, 7) is 4.00. The first-order valence-electron chi connectivity index (χ1n) is 9.31. The Morgan fingerprint density at radius 3 is 2.55 bits per heavy atom. The van der Waals surface area contributed by atoms with Crippen LogP contribution in [0, 0.1) is 5.41 Å². The molecule has 1 aliphatic heterocycles. The second-order valence-electron chi connectivity index (χ2n) is 7.63. The van der Waals surface area contributed by atoms with Crippen molar-refractivity contribution in [2.75, 3.05) is 38.1 Å². The van der Waals surface area contributed by atoms with Crippen LogP contribution in [0.3, 0.4) is 0 Å². The molecule has 1 aliphatic rings. The molecule has 0 radical (unpaired) electrons. The normalized spacial score (nSPS) is 15.1. The number of hydrogen-bond acceptors (Lipinski definition) is 5. The molecule has 7 nitrogen and oxygen atoms in total. The molecule has 0 atom stereocenters. The molecular formula is C22H26N2O5. The zero-order chi connectivity index (χ0) is 21.2. The van der Waals surface area contributed by atoms with E-state index in [-0.39, 0.29) is 18.2 Å². The molecule has 154 valence electrons. The Labute approximate surface area is 170 Å². The smallest absolute Gasteiger partial charge is 0.235 e. The molecule has 1 heterocycles. The topological polar surface area (TPSA) is 77.1 Å². The van der Waals surface area contributed by atoms with E-state index in [1.54, 1.807) is 56.5 Å². The minimum absolute atomic E-state index is 0.0370. The fourth-order valence-corrected chi connectivity index (χ4v) is 3.24. The van der Waals surface area contributed by atoms with Gasteiger partial charge in [-0.2, -0.15) is 0 Å². The van der Waals surface area contributed by atoms with Gasteiger partial charge in [0.1, 0.15) is 12.4 Å². The molecular weight excluding hydrogens is 372 g/mol. The van der Waals surface area contributed by atoms with Crippen LogP contribution in [0.1, 0.15) is 19.4 Å². The Hall–Kier alpha value is -3.22. The number of nitrogens with one attached hydrogen (secondary N) is 1. The maximum absolute atomic E-state index is 12.7. The number of methoxy groups -OCH3 is 2. The third-order valence-corrected chi connectivity index (χ3v) is 4.89. The van der Waals surface area contributed by atoms with Crippen LogP contribution in [-0.4, -0.2) is 39.7 Å². The lowest BCUT2D eigenvalue weighted by Gasteiger charge is -2.24. The van der Waals surface area contributed by atoms with E-state index in [1.807, 2.05) is 19.9 Å². The highest BCUT2D eigenvalue weighted by molar-refractivity contribution is 6.00. The van der Waals surface area contributed by atoms with Gasteiger partial charge in [0.2, 0.25) is 11.8 Å². The number of benzene rings is 2. The summed E-state index contributed by atoms with van der Waals surface area (Å²) in [7, 11) is 4.83. The molecule has 3 rings (SSSR count). The average molecular weight is 398 g/mol. The van der Waals surface area contributed by atoms with Crippen molar-refractivity contribution in [1.29, 1.82) is 0 Å². The lowest BCUT2D eigenvalue weighted by atomic mass is 9.93. The van der Waals surface area contributed by atoms with E-state index in [1.165, 1.54) is 0 Å². The number of hydrogen-bond donors (Lipinski definition) is 1. The molecule has 7 heteroatoms.